The monoisotopic (exact) mass is 254 g/mol. The van der Waals surface area contributed by atoms with Crippen LogP contribution in [0.15, 0.2) is 0 Å². The molecule has 1 atom stereocenters. The second-order valence-corrected chi connectivity index (χ2v) is 6.99. The highest BCUT2D eigenvalue weighted by Crippen LogP contribution is 2.33. The van der Waals surface area contributed by atoms with Gasteiger partial charge in [-0.2, -0.15) is 0 Å². The third kappa shape index (κ3) is 3.96. The summed E-state index contributed by atoms with van der Waals surface area (Å²) in [5, 5.41) is 0. The highest BCUT2D eigenvalue weighted by atomic mass is 15.2. The summed E-state index contributed by atoms with van der Waals surface area (Å²) in [5.74, 6) is 1.69. The Labute approximate surface area is 114 Å². The molecule has 2 nitrogen and oxygen atoms in total. The van der Waals surface area contributed by atoms with Crippen molar-refractivity contribution in [2.45, 2.75) is 77.8 Å². The van der Waals surface area contributed by atoms with Gasteiger partial charge in [-0.25, -0.2) is 0 Å². The molecule has 1 aliphatic carbocycles. The summed E-state index contributed by atoms with van der Waals surface area (Å²) < 4.78 is 0. The molecular formula is C16H34N2. The Morgan fingerprint density at radius 3 is 2.17 bits per heavy atom. The van der Waals surface area contributed by atoms with Crippen molar-refractivity contribution >= 4 is 0 Å². The van der Waals surface area contributed by atoms with Crippen LogP contribution in [-0.2, 0) is 0 Å². The van der Waals surface area contributed by atoms with Crippen molar-refractivity contribution < 1.29 is 0 Å². The lowest BCUT2D eigenvalue weighted by molar-refractivity contribution is 0.0461. The van der Waals surface area contributed by atoms with Crippen LogP contribution in [0.4, 0.5) is 0 Å². The molecule has 2 heteroatoms. The molecule has 1 fully saturated rings. The minimum absolute atomic E-state index is 0.178. The maximum atomic E-state index is 6.07. The van der Waals surface area contributed by atoms with Crippen molar-refractivity contribution in [3.05, 3.63) is 0 Å². The van der Waals surface area contributed by atoms with Crippen LogP contribution in [0, 0.1) is 11.8 Å². The second kappa shape index (κ2) is 6.91. The molecule has 0 spiro atoms. The van der Waals surface area contributed by atoms with E-state index in [2.05, 4.69) is 39.6 Å². The lowest BCUT2D eigenvalue weighted by Gasteiger charge is -2.46. The molecule has 0 aliphatic heterocycles. The predicted molar refractivity (Wildman–Crippen MR) is 80.7 cm³/mol. The summed E-state index contributed by atoms with van der Waals surface area (Å²) in [6, 6.07) is 0.750. The van der Waals surface area contributed by atoms with Crippen LogP contribution < -0.4 is 5.73 Å². The fraction of sp³-hybridized carbons (Fsp3) is 1.00. The summed E-state index contributed by atoms with van der Waals surface area (Å²) in [6.45, 7) is 10.1. The topological polar surface area (TPSA) is 29.3 Å². The van der Waals surface area contributed by atoms with Gasteiger partial charge in [0.15, 0.2) is 0 Å². The second-order valence-electron chi connectivity index (χ2n) is 6.99. The van der Waals surface area contributed by atoms with Crippen molar-refractivity contribution in [3.63, 3.8) is 0 Å². The molecule has 1 aliphatic rings. The van der Waals surface area contributed by atoms with Gasteiger partial charge < -0.3 is 5.73 Å². The zero-order valence-electron chi connectivity index (χ0n) is 13.2. The average Bonchev–Trinajstić information content (AvgIpc) is 2.37. The number of hydrogen-bond acceptors (Lipinski definition) is 2. The first kappa shape index (κ1) is 16.0. The van der Waals surface area contributed by atoms with Crippen molar-refractivity contribution in [2.75, 3.05) is 13.6 Å². The Balaban J connectivity index is 2.59. The fourth-order valence-corrected chi connectivity index (χ4v) is 3.63. The van der Waals surface area contributed by atoms with Crippen LogP contribution in [-0.4, -0.2) is 30.1 Å². The minimum atomic E-state index is 0.178. The molecule has 0 aromatic heterocycles. The largest absolute Gasteiger partial charge is 0.329 e. The Hall–Kier alpha value is -0.0800. The lowest BCUT2D eigenvalue weighted by atomic mass is 9.81. The number of hydrogen-bond donors (Lipinski definition) is 1. The predicted octanol–water partition coefficient (Wildman–Crippen LogP) is 3.65. The van der Waals surface area contributed by atoms with E-state index in [0.29, 0.717) is 5.92 Å². The molecular weight excluding hydrogens is 220 g/mol. The molecule has 0 aromatic rings. The number of nitrogens with zero attached hydrogens (tertiary/aromatic N) is 1. The summed E-state index contributed by atoms with van der Waals surface area (Å²) in [6.07, 6.45) is 8.11. The normalized spacial score (nSPS) is 28.7. The SMILES string of the molecule is CCC1CCC(N(C)C(C)(CN)CC(C)C)CC1. The van der Waals surface area contributed by atoms with Gasteiger partial charge >= 0.3 is 0 Å². The lowest BCUT2D eigenvalue weighted by Crippen LogP contribution is -2.55. The van der Waals surface area contributed by atoms with Gasteiger partial charge in [0.1, 0.15) is 0 Å². The molecule has 1 saturated carbocycles. The molecule has 18 heavy (non-hydrogen) atoms. The summed E-state index contributed by atoms with van der Waals surface area (Å²) in [5.41, 5.74) is 6.25. The van der Waals surface area contributed by atoms with Gasteiger partial charge in [0, 0.05) is 18.1 Å². The van der Waals surface area contributed by atoms with E-state index in [-0.39, 0.29) is 5.54 Å². The van der Waals surface area contributed by atoms with E-state index in [9.17, 15) is 0 Å². The maximum absolute atomic E-state index is 6.07. The molecule has 1 unspecified atom stereocenters. The van der Waals surface area contributed by atoms with Crippen LogP contribution in [0.3, 0.4) is 0 Å². The van der Waals surface area contributed by atoms with Gasteiger partial charge in [-0.3, -0.25) is 4.90 Å². The summed E-state index contributed by atoms with van der Waals surface area (Å²) in [7, 11) is 2.30. The van der Waals surface area contributed by atoms with Gasteiger partial charge in [-0.1, -0.05) is 27.2 Å². The van der Waals surface area contributed by atoms with Gasteiger partial charge in [0.05, 0.1) is 0 Å². The molecule has 0 radical (unpaired) electrons. The van der Waals surface area contributed by atoms with E-state index in [0.717, 1.165) is 18.5 Å². The summed E-state index contributed by atoms with van der Waals surface area (Å²) in [4.78, 5) is 2.60. The quantitative estimate of drug-likeness (QED) is 0.784. The molecule has 2 N–H and O–H groups in total. The van der Waals surface area contributed by atoms with Gasteiger partial charge in [0.25, 0.3) is 0 Å². The average molecular weight is 254 g/mol. The van der Waals surface area contributed by atoms with E-state index in [1.54, 1.807) is 0 Å². The standard InChI is InChI=1S/C16H34N2/c1-6-14-7-9-15(10-8-14)18(5)16(4,12-17)11-13(2)3/h13-15H,6-12,17H2,1-5H3. The van der Waals surface area contributed by atoms with E-state index >= 15 is 0 Å². The highest BCUT2D eigenvalue weighted by molar-refractivity contribution is 4.91. The zero-order chi connectivity index (χ0) is 13.8. The highest BCUT2D eigenvalue weighted by Gasteiger charge is 2.34. The van der Waals surface area contributed by atoms with Gasteiger partial charge in [-0.05, 0) is 57.9 Å². The number of nitrogens with two attached hydrogens (primary N) is 1. The molecule has 0 saturated heterocycles. The molecule has 0 bridgehead atoms. The van der Waals surface area contributed by atoms with Gasteiger partial charge in [-0.15, -0.1) is 0 Å². The molecule has 0 amide bonds. The third-order valence-electron chi connectivity index (χ3n) is 5.08. The zero-order valence-corrected chi connectivity index (χ0v) is 13.2. The van der Waals surface area contributed by atoms with Crippen LogP contribution in [0.25, 0.3) is 0 Å². The Morgan fingerprint density at radius 1 is 1.22 bits per heavy atom. The van der Waals surface area contributed by atoms with Crippen molar-refractivity contribution in [2.24, 2.45) is 17.6 Å². The first-order chi connectivity index (χ1) is 8.42. The van der Waals surface area contributed by atoms with E-state index in [1.807, 2.05) is 0 Å². The van der Waals surface area contributed by atoms with Crippen LogP contribution >= 0.6 is 0 Å². The van der Waals surface area contributed by atoms with Gasteiger partial charge in [0.2, 0.25) is 0 Å². The minimum Gasteiger partial charge on any atom is -0.329 e. The van der Waals surface area contributed by atoms with Crippen LogP contribution in [0.1, 0.15) is 66.2 Å². The fourth-order valence-electron chi connectivity index (χ4n) is 3.63. The molecule has 1 rings (SSSR count). The Kier molecular flexibility index (Phi) is 6.13. The molecule has 108 valence electrons. The first-order valence-electron chi connectivity index (χ1n) is 7.86. The van der Waals surface area contributed by atoms with E-state index < -0.39 is 0 Å². The van der Waals surface area contributed by atoms with E-state index in [4.69, 9.17) is 5.73 Å². The Bertz CT molecular complexity index is 231. The van der Waals surface area contributed by atoms with Crippen LogP contribution in [0.5, 0.6) is 0 Å². The summed E-state index contributed by atoms with van der Waals surface area (Å²) >= 11 is 0. The number of likely N-dealkylation sites (N-methyl/N-ethyl adjacent to an activating group) is 1. The van der Waals surface area contributed by atoms with Crippen LogP contribution in [0.2, 0.25) is 0 Å². The maximum Gasteiger partial charge on any atom is 0.0305 e. The third-order valence-corrected chi connectivity index (χ3v) is 5.08. The van der Waals surface area contributed by atoms with Crippen molar-refractivity contribution in [3.8, 4) is 0 Å². The van der Waals surface area contributed by atoms with E-state index in [1.165, 1.54) is 38.5 Å². The molecule has 0 heterocycles. The number of rotatable bonds is 6. The van der Waals surface area contributed by atoms with Crippen molar-refractivity contribution in [1.82, 2.24) is 4.90 Å². The smallest absolute Gasteiger partial charge is 0.0305 e. The molecule has 0 aromatic carbocycles. The first-order valence-corrected chi connectivity index (χ1v) is 7.86. The Morgan fingerprint density at radius 2 is 1.78 bits per heavy atom. The van der Waals surface area contributed by atoms with Crippen molar-refractivity contribution in [1.29, 1.82) is 0 Å².